The molecule has 1 rings (SSSR count). The first kappa shape index (κ1) is 56.6. The molecule has 0 heterocycles. The molecule has 1 aliphatic carbocycles. The minimum absolute atomic E-state index is 0.00731. The number of hydrogen-bond acceptors (Lipinski definition) is 4. The van der Waals surface area contributed by atoms with Gasteiger partial charge in [-0.3, -0.25) is 9.59 Å². The van der Waals surface area contributed by atoms with E-state index in [0.717, 1.165) is 103 Å². The van der Waals surface area contributed by atoms with E-state index >= 15 is 0 Å². The van der Waals surface area contributed by atoms with Gasteiger partial charge >= 0.3 is 0 Å². The van der Waals surface area contributed by atoms with E-state index in [1.165, 1.54) is 70.0 Å². The van der Waals surface area contributed by atoms with Crippen LogP contribution < -0.4 is 0 Å². The maximum absolute atomic E-state index is 12.9. The van der Waals surface area contributed by atoms with Crippen molar-refractivity contribution in [2.24, 2.45) is 0 Å². The van der Waals surface area contributed by atoms with Crippen LogP contribution in [0.5, 0.6) is 0 Å². The van der Waals surface area contributed by atoms with Crippen LogP contribution in [0.25, 0.3) is 0 Å². The van der Waals surface area contributed by atoms with Crippen LogP contribution in [0.1, 0.15) is 192 Å². The number of Topliss-reactive ketones (excluding diaryl/α,β-unsaturated/α-hetero) is 2. The summed E-state index contributed by atoms with van der Waals surface area (Å²) in [5, 5.41) is 0. The molecule has 0 saturated heterocycles. The fourth-order valence-corrected chi connectivity index (χ4v) is 7.34. The van der Waals surface area contributed by atoms with Gasteiger partial charge in [0.25, 0.3) is 0 Å². The van der Waals surface area contributed by atoms with Crippen molar-refractivity contribution >= 4 is 11.6 Å². The largest absolute Gasteiger partial charge is 0.489 e. The van der Waals surface area contributed by atoms with Crippen molar-refractivity contribution in [1.29, 1.82) is 0 Å². The summed E-state index contributed by atoms with van der Waals surface area (Å²) in [4.78, 5) is 25.5. The normalized spacial score (nSPS) is 16.0. The van der Waals surface area contributed by atoms with Gasteiger partial charge in [-0.2, -0.15) is 0 Å². The first-order chi connectivity index (χ1) is 30.0. The molecule has 0 saturated carbocycles. The van der Waals surface area contributed by atoms with Gasteiger partial charge in [-0.1, -0.05) is 129 Å². The molecule has 0 N–H and O–H groups in total. The maximum atomic E-state index is 12.9. The van der Waals surface area contributed by atoms with Crippen LogP contribution in [-0.4, -0.2) is 25.8 Å². The summed E-state index contributed by atoms with van der Waals surface area (Å²) < 4.78 is 10.3. The van der Waals surface area contributed by atoms with Gasteiger partial charge in [0.15, 0.2) is 0 Å². The monoisotopic (exact) mass is 861 g/mol. The Hall–Kier alpha value is -4.44. The number of hydrogen-bond donors (Lipinski definition) is 0. The molecule has 0 aromatic heterocycles. The number of methoxy groups -OCH3 is 2. The lowest BCUT2D eigenvalue weighted by Gasteiger charge is -2.19. The standard InChI is InChI=1S/C59H88O4/c1-44(2)24-15-25-45(3)26-16-27-46(4)28-17-29-47(5)30-18-31-48(6)32-19-33-49(7)34-20-35-50(8)36-21-37-51(9)38-22-39-52(10)40-23-41-53(11)42-43-55-54(12)56(60)58(62-13)59(63-14)57(55)61/h15,24-26,28,30,32,34,36,38,40,42H,16-23,27,29,31,33,35,37,39,41,43H2,1-14H3/b25-15+,45-26+,46-28+,47-30+,48-32+,49-34+,50-36+,51-38+,52-40+,53-42+. The third-order valence-corrected chi connectivity index (χ3v) is 11.8. The van der Waals surface area contributed by atoms with Gasteiger partial charge in [-0.15, -0.1) is 0 Å². The summed E-state index contributed by atoms with van der Waals surface area (Å²) in [6.45, 7) is 26.1. The number of rotatable bonds is 30. The molecule has 63 heavy (non-hydrogen) atoms. The Bertz CT molecular complexity index is 1890. The predicted octanol–water partition coefficient (Wildman–Crippen LogP) is 17.6. The second-order valence-corrected chi connectivity index (χ2v) is 18.3. The lowest BCUT2D eigenvalue weighted by Crippen LogP contribution is -2.24. The SMILES string of the molecule is COC1=C(OC)C(=O)C(C/C=C(\C)CC/C=C(\C)CC/C=C(\C)CC/C=C(\C)CC/C=C(\C)CC/C=C(\C)CC/C=C(\C)CC/C=C(\C)CC/C=C(C)/C=C/C=C(C)C)=C(C)C1=O. The van der Waals surface area contributed by atoms with Crippen LogP contribution in [0.2, 0.25) is 0 Å². The van der Waals surface area contributed by atoms with Crippen LogP contribution >= 0.6 is 0 Å². The minimum atomic E-state index is -0.284. The van der Waals surface area contributed by atoms with E-state index in [1.54, 1.807) is 6.92 Å². The van der Waals surface area contributed by atoms with Crippen molar-refractivity contribution in [2.75, 3.05) is 14.2 Å². The Morgan fingerprint density at radius 1 is 0.413 bits per heavy atom. The highest BCUT2D eigenvalue weighted by Gasteiger charge is 2.34. The van der Waals surface area contributed by atoms with E-state index in [9.17, 15) is 9.59 Å². The van der Waals surface area contributed by atoms with Crippen molar-refractivity contribution in [1.82, 2.24) is 0 Å². The van der Waals surface area contributed by atoms with Crippen LogP contribution in [0.15, 0.2) is 151 Å². The molecule has 0 fully saturated rings. The van der Waals surface area contributed by atoms with Crippen molar-refractivity contribution in [3.63, 3.8) is 0 Å². The number of ether oxygens (including phenoxy) is 2. The van der Waals surface area contributed by atoms with Crippen LogP contribution in [0, 0.1) is 0 Å². The van der Waals surface area contributed by atoms with E-state index in [-0.39, 0.29) is 23.1 Å². The van der Waals surface area contributed by atoms with Gasteiger partial charge in [0.1, 0.15) is 0 Å². The van der Waals surface area contributed by atoms with Crippen molar-refractivity contribution in [2.45, 2.75) is 192 Å². The quantitative estimate of drug-likeness (QED) is 0.0410. The number of ketones is 2. The van der Waals surface area contributed by atoms with Gasteiger partial charge in [0, 0.05) is 11.1 Å². The maximum Gasteiger partial charge on any atom is 0.228 e. The first-order valence-corrected chi connectivity index (χ1v) is 23.8. The lowest BCUT2D eigenvalue weighted by molar-refractivity contribution is -0.121. The molecule has 0 aromatic carbocycles. The minimum Gasteiger partial charge on any atom is -0.489 e. The zero-order chi connectivity index (χ0) is 47.2. The van der Waals surface area contributed by atoms with Gasteiger partial charge in [0.2, 0.25) is 23.1 Å². The summed E-state index contributed by atoms with van der Waals surface area (Å²) in [6, 6.07) is 0. The molecule has 0 radical (unpaired) electrons. The summed E-state index contributed by atoms with van der Waals surface area (Å²) in [5.41, 5.74) is 15.2. The summed E-state index contributed by atoms with van der Waals surface area (Å²) >= 11 is 0. The molecule has 0 aromatic rings. The predicted molar refractivity (Wildman–Crippen MR) is 275 cm³/mol. The molecule has 0 aliphatic heterocycles. The number of carbonyl (C=O) groups is 2. The third kappa shape index (κ3) is 26.1. The summed E-state index contributed by atoms with van der Waals surface area (Å²) in [7, 11) is 2.78. The van der Waals surface area contributed by atoms with Crippen LogP contribution in [-0.2, 0) is 19.1 Å². The molecule has 348 valence electrons. The fraction of sp³-hybridized carbons (Fsp3) is 0.525. The molecule has 0 bridgehead atoms. The number of allylic oxidation sites excluding steroid dienone is 24. The molecule has 0 amide bonds. The Kier molecular flexibility index (Phi) is 29.7. The van der Waals surface area contributed by atoms with Crippen LogP contribution in [0.3, 0.4) is 0 Å². The third-order valence-electron chi connectivity index (χ3n) is 11.8. The average Bonchev–Trinajstić information content (AvgIpc) is 3.21. The fourth-order valence-electron chi connectivity index (χ4n) is 7.34. The highest BCUT2D eigenvalue weighted by molar-refractivity contribution is 6.23. The summed E-state index contributed by atoms with van der Waals surface area (Å²) in [5.74, 6) is -0.574. The molecular formula is C59H88O4. The first-order valence-electron chi connectivity index (χ1n) is 23.8. The molecular weight excluding hydrogens is 773 g/mol. The Labute approximate surface area is 386 Å². The highest BCUT2D eigenvalue weighted by Crippen LogP contribution is 2.28. The Balaban J connectivity index is 2.32. The molecule has 4 heteroatoms. The van der Waals surface area contributed by atoms with E-state index in [4.69, 9.17) is 9.47 Å². The molecule has 0 spiro atoms. The summed E-state index contributed by atoms with van der Waals surface area (Å²) in [6.07, 6.45) is 45.8. The lowest BCUT2D eigenvalue weighted by atomic mass is 9.90. The Morgan fingerprint density at radius 2 is 0.698 bits per heavy atom. The van der Waals surface area contributed by atoms with Crippen molar-refractivity contribution < 1.29 is 19.1 Å². The van der Waals surface area contributed by atoms with Crippen molar-refractivity contribution in [3.05, 3.63) is 151 Å². The number of carbonyl (C=O) groups excluding carboxylic acids is 2. The van der Waals surface area contributed by atoms with E-state index in [1.807, 2.05) is 0 Å². The van der Waals surface area contributed by atoms with Gasteiger partial charge in [-0.05, 0) is 192 Å². The molecule has 0 atom stereocenters. The Morgan fingerprint density at radius 3 is 1.00 bits per heavy atom. The zero-order valence-corrected chi connectivity index (χ0v) is 42.6. The van der Waals surface area contributed by atoms with E-state index in [2.05, 4.69) is 149 Å². The zero-order valence-electron chi connectivity index (χ0n) is 42.6. The smallest absolute Gasteiger partial charge is 0.228 e. The highest BCUT2D eigenvalue weighted by atomic mass is 16.5. The molecule has 0 unspecified atom stereocenters. The molecule has 1 aliphatic rings. The van der Waals surface area contributed by atoms with Gasteiger partial charge in [0.05, 0.1) is 14.2 Å². The second-order valence-electron chi connectivity index (χ2n) is 18.3. The van der Waals surface area contributed by atoms with Gasteiger partial charge < -0.3 is 9.47 Å². The second kappa shape index (κ2) is 33.1. The van der Waals surface area contributed by atoms with Gasteiger partial charge in [-0.25, -0.2) is 0 Å². The van der Waals surface area contributed by atoms with Crippen LogP contribution in [0.4, 0.5) is 0 Å². The van der Waals surface area contributed by atoms with E-state index < -0.39 is 0 Å². The molecule has 4 nitrogen and oxygen atoms in total. The average molecular weight is 861 g/mol. The topological polar surface area (TPSA) is 52.6 Å². The van der Waals surface area contributed by atoms with E-state index in [0.29, 0.717) is 17.6 Å². The van der Waals surface area contributed by atoms with Crippen molar-refractivity contribution in [3.8, 4) is 0 Å².